The molecule has 5 heteroatoms. The lowest BCUT2D eigenvalue weighted by Gasteiger charge is -2.05. The molecule has 1 rings (SSSR count). The minimum atomic E-state index is -0.943. The van der Waals surface area contributed by atoms with Crippen LogP contribution in [0, 0.1) is 11.6 Å². The summed E-state index contributed by atoms with van der Waals surface area (Å²) >= 11 is 5.93. The Bertz CT molecular complexity index is 315. The zero-order valence-corrected chi connectivity index (χ0v) is 9.17. The Morgan fingerprint density at radius 1 is 1.25 bits per heavy atom. The molecule has 0 aliphatic heterocycles. The van der Waals surface area contributed by atoms with Crippen molar-refractivity contribution in [2.75, 3.05) is 7.11 Å². The number of hydrogen-bond donors (Lipinski definition) is 0. The van der Waals surface area contributed by atoms with Crippen LogP contribution in [0.4, 0.5) is 8.78 Å². The monoisotopic (exact) mass is 300 g/mol. The molecular formula is C7H4Br2F2O. The number of benzene rings is 1. The van der Waals surface area contributed by atoms with Crippen molar-refractivity contribution in [1.29, 1.82) is 0 Å². The highest BCUT2D eigenvalue weighted by molar-refractivity contribution is 9.13. The molecule has 0 spiro atoms. The van der Waals surface area contributed by atoms with Gasteiger partial charge in [0.15, 0.2) is 11.6 Å². The van der Waals surface area contributed by atoms with Crippen LogP contribution >= 0.6 is 31.9 Å². The highest BCUT2D eigenvalue weighted by atomic mass is 79.9. The van der Waals surface area contributed by atoms with Crippen molar-refractivity contribution >= 4 is 31.9 Å². The van der Waals surface area contributed by atoms with Gasteiger partial charge in [-0.05, 0) is 31.9 Å². The molecule has 12 heavy (non-hydrogen) atoms. The van der Waals surface area contributed by atoms with Crippen LogP contribution in [-0.4, -0.2) is 7.11 Å². The predicted octanol–water partition coefficient (Wildman–Crippen LogP) is 3.50. The lowest BCUT2D eigenvalue weighted by Crippen LogP contribution is -1.92. The minimum Gasteiger partial charge on any atom is -0.495 e. The van der Waals surface area contributed by atoms with Gasteiger partial charge in [0.05, 0.1) is 16.1 Å². The number of methoxy groups -OCH3 is 1. The van der Waals surface area contributed by atoms with Gasteiger partial charge in [0.2, 0.25) is 0 Å². The van der Waals surface area contributed by atoms with Crippen molar-refractivity contribution in [3.05, 3.63) is 26.6 Å². The summed E-state index contributed by atoms with van der Waals surface area (Å²) in [5, 5.41) is 0. The molecule has 1 aromatic carbocycles. The molecule has 0 atom stereocenters. The Kier molecular flexibility index (Phi) is 3.06. The van der Waals surface area contributed by atoms with Crippen LogP contribution in [-0.2, 0) is 0 Å². The van der Waals surface area contributed by atoms with E-state index >= 15 is 0 Å². The maximum absolute atomic E-state index is 12.8. The molecule has 0 amide bonds. The van der Waals surface area contributed by atoms with E-state index in [1.807, 2.05) is 0 Å². The smallest absolute Gasteiger partial charge is 0.174 e. The van der Waals surface area contributed by atoms with Crippen LogP contribution in [0.15, 0.2) is 15.0 Å². The molecule has 0 bridgehead atoms. The van der Waals surface area contributed by atoms with Crippen molar-refractivity contribution < 1.29 is 13.5 Å². The number of halogens is 4. The van der Waals surface area contributed by atoms with Crippen LogP contribution in [0.2, 0.25) is 0 Å². The average Bonchev–Trinajstić information content (AvgIpc) is 2.08. The Balaban J connectivity index is 3.39. The molecule has 1 nitrogen and oxygen atoms in total. The van der Waals surface area contributed by atoms with Crippen molar-refractivity contribution in [3.63, 3.8) is 0 Å². The topological polar surface area (TPSA) is 9.23 Å². The maximum atomic E-state index is 12.8. The molecular weight excluding hydrogens is 298 g/mol. The summed E-state index contributed by atoms with van der Waals surface area (Å²) in [4.78, 5) is 0. The van der Waals surface area contributed by atoms with Gasteiger partial charge in [0.1, 0.15) is 5.75 Å². The molecule has 0 unspecified atom stereocenters. The lowest BCUT2D eigenvalue weighted by molar-refractivity contribution is 0.402. The molecule has 0 aromatic heterocycles. The van der Waals surface area contributed by atoms with Crippen LogP contribution in [0.5, 0.6) is 5.75 Å². The Morgan fingerprint density at radius 3 is 2.33 bits per heavy atom. The summed E-state index contributed by atoms with van der Waals surface area (Å²) in [6.45, 7) is 0. The van der Waals surface area contributed by atoms with Crippen molar-refractivity contribution in [1.82, 2.24) is 0 Å². The largest absolute Gasteiger partial charge is 0.495 e. The zero-order valence-electron chi connectivity index (χ0n) is 6.00. The maximum Gasteiger partial charge on any atom is 0.174 e. The van der Waals surface area contributed by atoms with Crippen molar-refractivity contribution in [2.45, 2.75) is 0 Å². The molecule has 0 N–H and O–H groups in total. The van der Waals surface area contributed by atoms with E-state index in [9.17, 15) is 8.78 Å². The summed E-state index contributed by atoms with van der Waals surface area (Å²) in [6.07, 6.45) is 0. The van der Waals surface area contributed by atoms with E-state index in [1.165, 1.54) is 7.11 Å². The average molecular weight is 302 g/mol. The van der Waals surface area contributed by atoms with Crippen LogP contribution in [0.1, 0.15) is 0 Å². The van der Waals surface area contributed by atoms with Gasteiger partial charge in [0, 0.05) is 6.07 Å². The van der Waals surface area contributed by atoms with Crippen molar-refractivity contribution in [2.24, 2.45) is 0 Å². The fourth-order valence-electron chi connectivity index (χ4n) is 0.700. The van der Waals surface area contributed by atoms with E-state index in [0.717, 1.165) is 6.07 Å². The third-order valence-electron chi connectivity index (χ3n) is 1.29. The summed E-state index contributed by atoms with van der Waals surface area (Å²) < 4.78 is 30.7. The number of ether oxygens (including phenoxy) is 1. The Labute approximate surface area is 85.0 Å². The molecule has 0 fully saturated rings. The standard InChI is InChI=1S/C7H4Br2F2O/c1-12-4-2-3(10)7(11)6(9)5(4)8/h2H,1H3. The van der Waals surface area contributed by atoms with Gasteiger partial charge in [0.25, 0.3) is 0 Å². The van der Waals surface area contributed by atoms with Gasteiger partial charge >= 0.3 is 0 Å². The first kappa shape index (κ1) is 9.92. The van der Waals surface area contributed by atoms with Gasteiger partial charge in [-0.25, -0.2) is 8.78 Å². The summed E-state index contributed by atoms with van der Waals surface area (Å²) in [6, 6.07) is 0.976. The zero-order chi connectivity index (χ0) is 9.30. The number of hydrogen-bond acceptors (Lipinski definition) is 1. The summed E-state index contributed by atoms with van der Waals surface area (Å²) in [7, 11) is 1.38. The second kappa shape index (κ2) is 3.70. The second-order valence-corrected chi connectivity index (χ2v) is 3.59. The van der Waals surface area contributed by atoms with Crippen molar-refractivity contribution in [3.8, 4) is 5.75 Å². The van der Waals surface area contributed by atoms with Crippen LogP contribution < -0.4 is 4.74 Å². The van der Waals surface area contributed by atoms with Gasteiger partial charge in [-0.15, -0.1) is 0 Å². The molecule has 0 saturated carbocycles. The summed E-state index contributed by atoms with van der Waals surface area (Å²) in [5.41, 5.74) is 0. The molecule has 1 aromatic rings. The van der Waals surface area contributed by atoms with E-state index in [-0.39, 0.29) is 10.2 Å². The third kappa shape index (κ3) is 1.61. The minimum absolute atomic E-state index is 0.0272. The highest BCUT2D eigenvalue weighted by Gasteiger charge is 2.14. The summed E-state index contributed by atoms with van der Waals surface area (Å²) in [5.74, 6) is -1.62. The van der Waals surface area contributed by atoms with E-state index in [2.05, 4.69) is 31.9 Å². The second-order valence-electron chi connectivity index (χ2n) is 2.00. The van der Waals surface area contributed by atoms with Gasteiger partial charge in [-0.1, -0.05) is 0 Å². The molecule has 0 saturated heterocycles. The normalized spacial score (nSPS) is 10.1. The van der Waals surface area contributed by atoms with Crippen LogP contribution in [0.3, 0.4) is 0 Å². The molecule has 0 aliphatic rings. The van der Waals surface area contributed by atoms with E-state index in [0.29, 0.717) is 4.47 Å². The fraction of sp³-hybridized carbons (Fsp3) is 0.143. The lowest BCUT2D eigenvalue weighted by atomic mass is 10.3. The SMILES string of the molecule is COc1cc(F)c(F)c(Br)c1Br. The van der Waals surface area contributed by atoms with Gasteiger partial charge < -0.3 is 4.74 Å². The molecule has 0 aliphatic carbocycles. The van der Waals surface area contributed by atoms with E-state index in [1.54, 1.807) is 0 Å². The predicted molar refractivity (Wildman–Crippen MR) is 48.3 cm³/mol. The Hall–Kier alpha value is -0.160. The first-order valence-corrected chi connectivity index (χ1v) is 4.53. The van der Waals surface area contributed by atoms with Gasteiger partial charge in [-0.2, -0.15) is 0 Å². The fourth-order valence-corrected chi connectivity index (χ4v) is 1.53. The first-order valence-electron chi connectivity index (χ1n) is 2.95. The van der Waals surface area contributed by atoms with Gasteiger partial charge in [-0.3, -0.25) is 0 Å². The highest BCUT2D eigenvalue weighted by Crippen LogP contribution is 2.35. The Morgan fingerprint density at radius 2 is 1.83 bits per heavy atom. The van der Waals surface area contributed by atoms with Crippen LogP contribution in [0.25, 0.3) is 0 Å². The third-order valence-corrected chi connectivity index (χ3v) is 3.35. The molecule has 0 radical (unpaired) electrons. The molecule has 66 valence electrons. The van der Waals surface area contributed by atoms with E-state index < -0.39 is 11.6 Å². The molecule has 0 heterocycles. The first-order chi connectivity index (χ1) is 5.57. The number of rotatable bonds is 1. The van der Waals surface area contributed by atoms with E-state index in [4.69, 9.17) is 4.74 Å². The quantitative estimate of drug-likeness (QED) is 0.570.